The molecule has 1 fully saturated rings. The molecule has 0 saturated heterocycles. The van der Waals surface area contributed by atoms with Crippen LogP contribution >= 0.6 is 0 Å². The lowest BCUT2D eigenvalue weighted by Gasteiger charge is -2.15. The van der Waals surface area contributed by atoms with Crippen molar-refractivity contribution in [1.29, 1.82) is 0 Å². The van der Waals surface area contributed by atoms with E-state index in [9.17, 15) is 14.4 Å². The van der Waals surface area contributed by atoms with Crippen molar-refractivity contribution in [2.45, 2.75) is 45.2 Å². The molecule has 2 N–H and O–H groups in total. The number of H-pyrrole nitrogens is 1. The topological polar surface area (TPSA) is 106 Å². The molecule has 8 nitrogen and oxygen atoms in total. The Bertz CT molecular complexity index is 927. The molecule has 8 heteroatoms. The second-order valence-electron chi connectivity index (χ2n) is 6.40. The summed E-state index contributed by atoms with van der Waals surface area (Å²) in [6, 6.07) is 1.47. The Hall–Kier alpha value is -2.48. The maximum atomic E-state index is 12.7. The van der Waals surface area contributed by atoms with Crippen molar-refractivity contribution < 1.29 is 9.53 Å². The van der Waals surface area contributed by atoms with Crippen molar-refractivity contribution in [3.63, 3.8) is 0 Å². The number of carbonyl (C=O) groups is 1. The predicted molar refractivity (Wildman–Crippen MR) is 93.1 cm³/mol. The second-order valence-corrected chi connectivity index (χ2v) is 6.40. The van der Waals surface area contributed by atoms with Gasteiger partial charge in [0.2, 0.25) is 0 Å². The lowest BCUT2D eigenvalue weighted by molar-refractivity contribution is 0.0907. The van der Waals surface area contributed by atoms with Gasteiger partial charge < -0.3 is 10.1 Å². The molecule has 2 aromatic rings. The molecule has 0 radical (unpaired) electrons. The summed E-state index contributed by atoms with van der Waals surface area (Å²) in [6.07, 6.45) is 2.00. The first-order chi connectivity index (χ1) is 12.0. The summed E-state index contributed by atoms with van der Waals surface area (Å²) < 4.78 is 6.42. The highest BCUT2D eigenvalue weighted by molar-refractivity contribution is 6.05. The monoisotopic (exact) mass is 346 g/mol. The van der Waals surface area contributed by atoms with Gasteiger partial charge in [-0.15, -0.1) is 0 Å². The van der Waals surface area contributed by atoms with Crippen LogP contribution in [0, 0.1) is 0 Å². The number of nitrogens with one attached hydrogen (secondary N) is 2. The quantitative estimate of drug-likeness (QED) is 0.803. The lowest BCUT2D eigenvalue weighted by Crippen LogP contribution is -2.37. The van der Waals surface area contributed by atoms with Gasteiger partial charge in [-0.1, -0.05) is 0 Å². The van der Waals surface area contributed by atoms with Crippen molar-refractivity contribution in [1.82, 2.24) is 19.9 Å². The highest BCUT2D eigenvalue weighted by Gasteiger charge is 2.28. The standard InChI is InChI=1S/C17H22N4O4/c1-4-21-14-13(16(23)20-17(21)24)11(7-12(19-14)10-5-6-10)15(22)18-9(2)8-25-3/h7,9-10H,4-6,8H2,1-3H3,(H,18,22)(H,20,23,24). The van der Waals surface area contributed by atoms with Gasteiger partial charge in [0, 0.05) is 31.3 Å². The number of pyridine rings is 1. The van der Waals surface area contributed by atoms with E-state index in [0.29, 0.717) is 13.2 Å². The van der Waals surface area contributed by atoms with Crippen molar-refractivity contribution in [2.24, 2.45) is 0 Å². The Labute approximate surface area is 144 Å². The maximum absolute atomic E-state index is 12.7. The third-order valence-corrected chi connectivity index (χ3v) is 4.32. The highest BCUT2D eigenvalue weighted by atomic mass is 16.5. The van der Waals surface area contributed by atoms with Gasteiger partial charge in [-0.05, 0) is 32.8 Å². The zero-order chi connectivity index (χ0) is 18.1. The molecule has 1 unspecified atom stereocenters. The summed E-state index contributed by atoms with van der Waals surface area (Å²) in [5, 5.41) is 2.97. The number of aromatic nitrogens is 3. The number of aromatic amines is 1. The maximum Gasteiger partial charge on any atom is 0.329 e. The van der Waals surface area contributed by atoms with Crippen LogP contribution in [0.3, 0.4) is 0 Å². The van der Waals surface area contributed by atoms with Crippen LogP contribution < -0.4 is 16.6 Å². The predicted octanol–water partition coefficient (Wildman–Crippen LogP) is 0.747. The van der Waals surface area contributed by atoms with Crippen LogP contribution in [0.25, 0.3) is 11.0 Å². The Morgan fingerprint density at radius 3 is 2.80 bits per heavy atom. The Balaban J connectivity index is 2.21. The van der Waals surface area contributed by atoms with Crippen molar-refractivity contribution in [3.8, 4) is 0 Å². The summed E-state index contributed by atoms with van der Waals surface area (Å²) in [4.78, 5) is 44.0. The average Bonchev–Trinajstić information content (AvgIpc) is 3.39. The molecule has 0 aromatic carbocycles. The normalized spacial score (nSPS) is 15.3. The third kappa shape index (κ3) is 3.34. The molecule has 1 aliphatic rings. The summed E-state index contributed by atoms with van der Waals surface area (Å²) in [6.45, 7) is 4.33. The molecular weight excluding hydrogens is 324 g/mol. The number of nitrogens with zero attached hydrogens (tertiary/aromatic N) is 2. The van der Waals surface area contributed by atoms with Gasteiger partial charge in [0.25, 0.3) is 11.5 Å². The largest absolute Gasteiger partial charge is 0.383 e. The Kier molecular flexibility index (Phi) is 4.71. The number of fused-ring (bicyclic) bond motifs is 1. The molecule has 2 aromatic heterocycles. The molecule has 25 heavy (non-hydrogen) atoms. The number of carbonyl (C=O) groups excluding carboxylic acids is 1. The minimum Gasteiger partial charge on any atom is -0.383 e. The van der Waals surface area contributed by atoms with E-state index in [0.717, 1.165) is 18.5 Å². The molecule has 134 valence electrons. The van der Waals surface area contributed by atoms with Crippen molar-refractivity contribution in [2.75, 3.05) is 13.7 Å². The van der Waals surface area contributed by atoms with Gasteiger partial charge in [-0.2, -0.15) is 0 Å². The fraction of sp³-hybridized carbons (Fsp3) is 0.529. The summed E-state index contributed by atoms with van der Waals surface area (Å²) in [5.74, 6) is -0.0855. The molecule has 0 aliphatic heterocycles. The molecule has 3 rings (SSSR count). The van der Waals surface area contributed by atoms with Gasteiger partial charge in [0.05, 0.1) is 17.6 Å². The van der Waals surface area contributed by atoms with E-state index in [4.69, 9.17) is 4.74 Å². The fourth-order valence-corrected chi connectivity index (χ4v) is 2.95. The number of aryl methyl sites for hydroxylation is 1. The molecular formula is C17H22N4O4. The fourth-order valence-electron chi connectivity index (χ4n) is 2.95. The van der Waals surface area contributed by atoms with Gasteiger partial charge in [-0.3, -0.25) is 19.1 Å². The summed E-state index contributed by atoms with van der Waals surface area (Å²) >= 11 is 0. The van der Waals surface area contributed by atoms with E-state index in [2.05, 4.69) is 15.3 Å². The second kappa shape index (κ2) is 6.79. The molecule has 0 spiro atoms. The minimum absolute atomic E-state index is 0.146. The van der Waals surface area contributed by atoms with E-state index in [1.165, 1.54) is 4.57 Å². The van der Waals surface area contributed by atoms with E-state index in [1.54, 1.807) is 20.1 Å². The summed E-state index contributed by atoms with van der Waals surface area (Å²) in [5.41, 5.74) is 0.163. The third-order valence-electron chi connectivity index (χ3n) is 4.32. The number of rotatable bonds is 6. The van der Waals surface area contributed by atoms with Crippen LogP contribution in [0.4, 0.5) is 0 Å². The molecule has 1 atom stereocenters. The van der Waals surface area contributed by atoms with Gasteiger partial charge in [-0.25, -0.2) is 9.78 Å². The number of amides is 1. The number of hydrogen-bond donors (Lipinski definition) is 2. The molecule has 0 bridgehead atoms. The number of ether oxygens (including phenoxy) is 1. The first-order valence-electron chi connectivity index (χ1n) is 8.43. The zero-order valence-electron chi connectivity index (χ0n) is 14.6. The van der Waals surface area contributed by atoms with Gasteiger partial charge >= 0.3 is 5.69 Å². The van der Waals surface area contributed by atoms with Crippen LogP contribution in [0.15, 0.2) is 15.7 Å². The smallest absolute Gasteiger partial charge is 0.329 e. The molecule has 1 amide bonds. The van der Waals surface area contributed by atoms with Crippen LogP contribution in [0.1, 0.15) is 48.7 Å². The van der Waals surface area contributed by atoms with Crippen molar-refractivity contribution in [3.05, 3.63) is 38.2 Å². The molecule has 1 saturated carbocycles. The lowest BCUT2D eigenvalue weighted by atomic mass is 10.1. The highest BCUT2D eigenvalue weighted by Crippen LogP contribution is 2.39. The average molecular weight is 346 g/mol. The number of methoxy groups -OCH3 is 1. The molecule has 2 heterocycles. The minimum atomic E-state index is -0.593. The van der Waals surface area contributed by atoms with Crippen LogP contribution in [0.5, 0.6) is 0 Å². The van der Waals surface area contributed by atoms with Crippen molar-refractivity contribution >= 4 is 16.9 Å². The van der Waals surface area contributed by atoms with E-state index < -0.39 is 11.2 Å². The SMILES string of the molecule is CCn1c(=O)[nH]c(=O)c2c(C(=O)NC(C)COC)cc(C3CC3)nc21. The van der Waals surface area contributed by atoms with Crippen LogP contribution in [-0.2, 0) is 11.3 Å². The first-order valence-corrected chi connectivity index (χ1v) is 8.43. The van der Waals surface area contributed by atoms with E-state index in [1.807, 2.05) is 6.92 Å². The number of hydrogen-bond acceptors (Lipinski definition) is 5. The van der Waals surface area contributed by atoms with E-state index in [-0.39, 0.29) is 34.5 Å². The van der Waals surface area contributed by atoms with Crippen LogP contribution in [-0.4, -0.2) is 40.2 Å². The molecule has 1 aliphatic carbocycles. The van der Waals surface area contributed by atoms with Gasteiger partial charge in [0.1, 0.15) is 0 Å². The Morgan fingerprint density at radius 1 is 1.48 bits per heavy atom. The van der Waals surface area contributed by atoms with Crippen LogP contribution in [0.2, 0.25) is 0 Å². The zero-order valence-corrected chi connectivity index (χ0v) is 14.6. The van der Waals surface area contributed by atoms with E-state index >= 15 is 0 Å². The first kappa shape index (κ1) is 17.3. The summed E-state index contributed by atoms with van der Waals surface area (Å²) in [7, 11) is 1.56. The Morgan fingerprint density at radius 2 is 2.20 bits per heavy atom. The van der Waals surface area contributed by atoms with Gasteiger partial charge in [0.15, 0.2) is 5.65 Å².